The van der Waals surface area contributed by atoms with Crippen LogP contribution in [0.2, 0.25) is 31.7 Å². The lowest BCUT2D eigenvalue weighted by Gasteiger charge is -2.05. The number of hydrogen-bond donors (Lipinski definition) is 1. The molecule has 0 aromatic carbocycles. The van der Waals surface area contributed by atoms with Crippen LogP contribution in [0.25, 0.3) is 0 Å². The summed E-state index contributed by atoms with van der Waals surface area (Å²) in [5, 5.41) is 2.85. The number of rotatable bonds is 38. The monoisotopic (exact) mass is 1140 g/mol. The van der Waals surface area contributed by atoms with E-state index >= 15 is 0 Å². The summed E-state index contributed by atoms with van der Waals surface area (Å²) in [7, 11) is 0. The minimum Gasteiger partial charge on any atom is -0.196 e. The molecule has 3 aromatic rings. The summed E-state index contributed by atoms with van der Waals surface area (Å²) in [6.45, 7) is 9.05. The average molecular weight is 1140 g/mol. The van der Waals surface area contributed by atoms with Crippen molar-refractivity contribution in [2.45, 2.75) is 249 Å². The molecule has 9 nitrogen and oxygen atoms in total. The summed E-state index contributed by atoms with van der Waals surface area (Å²) in [5.41, 5.74) is 0. The van der Waals surface area contributed by atoms with Crippen LogP contribution in [0.15, 0.2) is 15.5 Å². The van der Waals surface area contributed by atoms with E-state index in [0.29, 0.717) is 10.4 Å². The summed E-state index contributed by atoms with van der Waals surface area (Å²) in [6, 6.07) is 0. The summed E-state index contributed by atoms with van der Waals surface area (Å²) in [6.07, 6.45) is 43.3. The van der Waals surface area contributed by atoms with Crippen molar-refractivity contribution in [2.75, 3.05) is 23.0 Å². The third-order valence-electron chi connectivity index (χ3n) is 10.4. The van der Waals surface area contributed by atoms with E-state index in [4.69, 9.17) is 69.6 Å². The smallest absolute Gasteiger partial charge is 0.196 e. The minimum absolute atomic E-state index is 0.000000000000000444. The molecule has 68 heavy (non-hydrogen) atoms. The molecular weight excluding hydrogens is 1060 g/mol. The molecule has 0 fully saturated rings. The fraction of sp³-hybridized carbons (Fsp3) is 0.816. The molecular formula is C49H85Cl6N9S4. The molecule has 0 aliphatic heterocycles. The van der Waals surface area contributed by atoms with E-state index in [-0.39, 0.29) is 26.4 Å². The second kappa shape index (κ2) is 52.0. The molecule has 0 aliphatic rings. The second-order valence-electron chi connectivity index (χ2n) is 16.6. The van der Waals surface area contributed by atoms with Gasteiger partial charge in [0.1, 0.15) is 0 Å². The Kier molecular flexibility index (Phi) is 52.2. The van der Waals surface area contributed by atoms with E-state index in [9.17, 15) is 0 Å². The van der Waals surface area contributed by atoms with Crippen LogP contribution in [-0.4, -0.2) is 67.9 Å². The van der Waals surface area contributed by atoms with Gasteiger partial charge >= 0.3 is 0 Å². The van der Waals surface area contributed by atoms with Gasteiger partial charge in [0.15, 0.2) is 15.5 Å². The predicted octanol–water partition coefficient (Wildman–Crippen LogP) is 20.3. The molecule has 0 radical (unpaired) electrons. The third kappa shape index (κ3) is 47.2. The molecule has 3 heterocycles. The maximum atomic E-state index is 6.11. The molecule has 3 rings (SSSR count). The number of thioether (sulfide) groups is 3. The standard InChI is InChI=1S/C23H42ClN3S2.C13H21Cl2N3S.C10H22S.C3Cl3N3/c1-3-5-7-9-11-13-15-17-19-28-22-25-21(24)26-23(27-22)29-20-18-16-14-12-10-8-6-4-2;1-2-3-4-5-6-7-8-9-10-19-13-17-11(14)16-12(15)18-13;1-2-3-4-5-6-7-8-9-10-11;4-1-7-2(5)9-3(6)8-1/h3-20H2,1-2H3;2-10H2,1H3;11H,2-10H2,1H3;. The third-order valence-corrected chi connectivity index (χ3v) is 14.5. The zero-order chi connectivity index (χ0) is 50.1. The highest BCUT2D eigenvalue weighted by Gasteiger charge is 2.07. The van der Waals surface area contributed by atoms with Crippen molar-refractivity contribution < 1.29 is 0 Å². The molecule has 0 spiro atoms. The van der Waals surface area contributed by atoms with Crippen LogP contribution in [0.4, 0.5) is 0 Å². The first-order chi connectivity index (χ1) is 33.1. The molecule has 0 unspecified atom stereocenters. The number of hydrogen-bond acceptors (Lipinski definition) is 13. The molecule has 0 aliphatic carbocycles. The normalized spacial score (nSPS) is 10.8. The summed E-state index contributed by atoms with van der Waals surface area (Å²) in [4.78, 5) is 35.3. The first-order valence-electron chi connectivity index (χ1n) is 25.8. The Hall–Kier alpha value is 0.170. The molecule has 392 valence electrons. The zero-order valence-corrected chi connectivity index (χ0v) is 49.8. The van der Waals surface area contributed by atoms with Gasteiger partial charge in [0.05, 0.1) is 0 Å². The van der Waals surface area contributed by atoms with Crippen molar-refractivity contribution in [3.8, 4) is 0 Å². The van der Waals surface area contributed by atoms with E-state index in [1.165, 1.54) is 205 Å². The van der Waals surface area contributed by atoms with E-state index in [1.54, 1.807) is 35.3 Å². The Bertz CT molecular complexity index is 1460. The average Bonchev–Trinajstić information content (AvgIpc) is 3.29. The maximum Gasteiger partial charge on any atom is 0.227 e. The van der Waals surface area contributed by atoms with Crippen LogP contribution in [0.1, 0.15) is 233 Å². The van der Waals surface area contributed by atoms with Crippen molar-refractivity contribution in [2.24, 2.45) is 0 Å². The Morgan fingerprint density at radius 2 is 0.456 bits per heavy atom. The molecule has 3 aromatic heterocycles. The van der Waals surface area contributed by atoms with Gasteiger partial charge < -0.3 is 0 Å². The van der Waals surface area contributed by atoms with Gasteiger partial charge in [-0.05, 0) is 101 Å². The van der Waals surface area contributed by atoms with Crippen molar-refractivity contribution in [3.05, 3.63) is 31.7 Å². The Balaban J connectivity index is 0.000000978. The number of nitrogens with zero attached hydrogens (tertiary/aromatic N) is 9. The lowest BCUT2D eigenvalue weighted by molar-refractivity contribution is 0.586. The largest absolute Gasteiger partial charge is 0.227 e. The van der Waals surface area contributed by atoms with Gasteiger partial charge in [-0.25, -0.2) is 0 Å². The van der Waals surface area contributed by atoms with Gasteiger partial charge in [0.2, 0.25) is 31.7 Å². The predicted molar refractivity (Wildman–Crippen MR) is 306 cm³/mol. The van der Waals surface area contributed by atoms with Gasteiger partial charge in [-0.1, -0.05) is 243 Å². The topological polar surface area (TPSA) is 116 Å². The molecule has 0 N–H and O–H groups in total. The van der Waals surface area contributed by atoms with E-state index in [1.807, 2.05) is 0 Å². The first-order valence-corrected chi connectivity index (χ1v) is 31.6. The summed E-state index contributed by atoms with van der Waals surface area (Å²) >= 11 is 42.7. The highest BCUT2D eigenvalue weighted by Crippen LogP contribution is 2.24. The van der Waals surface area contributed by atoms with Gasteiger partial charge in [-0.15, -0.1) is 0 Å². The molecule has 0 atom stereocenters. The van der Waals surface area contributed by atoms with Crippen molar-refractivity contribution in [1.82, 2.24) is 44.9 Å². The quantitative estimate of drug-likeness (QED) is 0.0335. The number of halogens is 6. The zero-order valence-electron chi connectivity index (χ0n) is 41.9. The number of aromatic nitrogens is 9. The maximum absolute atomic E-state index is 6.11. The molecule has 0 saturated heterocycles. The van der Waals surface area contributed by atoms with Crippen LogP contribution in [0.5, 0.6) is 0 Å². The van der Waals surface area contributed by atoms with Crippen molar-refractivity contribution in [3.63, 3.8) is 0 Å². The second-order valence-corrected chi connectivity index (χ2v) is 22.3. The fourth-order valence-corrected chi connectivity index (χ4v) is 10.7. The Labute approximate surface area is 461 Å². The van der Waals surface area contributed by atoms with Crippen LogP contribution in [0.3, 0.4) is 0 Å². The SMILES string of the molecule is CCCCCCCCCCS.CCCCCCCCCCSc1nc(Cl)nc(Cl)n1.CCCCCCCCCCSc1nc(Cl)nc(SCCCCCCCCCC)n1.Clc1nc(Cl)nc(Cl)n1. The Morgan fingerprint density at radius 3 is 0.706 bits per heavy atom. The lowest BCUT2D eigenvalue weighted by atomic mass is 10.1. The van der Waals surface area contributed by atoms with Gasteiger partial charge in [0.25, 0.3) is 0 Å². The van der Waals surface area contributed by atoms with Gasteiger partial charge in [-0.3, -0.25) is 0 Å². The molecule has 19 heteroatoms. The van der Waals surface area contributed by atoms with Gasteiger partial charge in [-0.2, -0.15) is 57.5 Å². The van der Waals surface area contributed by atoms with Gasteiger partial charge in [0, 0.05) is 17.3 Å². The first kappa shape index (κ1) is 68.2. The van der Waals surface area contributed by atoms with E-state index < -0.39 is 0 Å². The molecule has 0 saturated carbocycles. The summed E-state index contributed by atoms with van der Waals surface area (Å²) < 4.78 is 0. The molecule has 0 bridgehead atoms. The summed E-state index contributed by atoms with van der Waals surface area (Å²) in [5.74, 6) is 4.20. The van der Waals surface area contributed by atoms with E-state index in [2.05, 4.69) is 85.2 Å². The van der Waals surface area contributed by atoms with E-state index in [0.717, 1.165) is 33.3 Å². The molecule has 0 amide bonds. The lowest BCUT2D eigenvalue weighted by Crippen LogP contribution is -1.96. The van der Waals surface area contributed by atoms with Crippen LogP contribution in [-0.2, 0) is 0 Å². The van der Waals surface area contributed by atoms with Crippen LogP contribution >= 0.6 is 118 Å². The minimum atomic E-state index is 0.000000000000000444. The highest BCUT2D eigenvalue weighted by molar-refractivity contribution is 7.99. The van der Waals surface area contributed by atoms with Crippen molar-refractivity contribution in [1.29, 1.82) is 0 Å². The van der Waals surface area contributed by atoms with Crippen LogP contribution in [0, 0.1) is 0 Å². The number of unbranched alkanes of at least 4 members (excludes halogenated alkanes) is 28. The number of thiol groups is 1. The van der Waals surface area contributed by atoms with Crippen molar-refractivity contribution >= 4 is 118 Å². The Morgan fingerprint density at radius 1 is 0.265 bits per heavy atom. The highest BCUT2D eigenvalue weighted by atomic mass is 35.5. The van der Waals surface area contributed by atoms with Crippen LogP contribution < -0.4 is 0 Å². The fourth-order valence-electron chi connectivity index (χ4n) is 6.56.